The predicted octanol–water partition coefficient (Wildman–Crippen LogP) is 1.70. The van der Waals surface area contributed by atoms with Gasteiger partial charge in [-0.1, -0.05) is 0 Å². The molecule has 2 heterocycles. The molecule has 0 radical (unpaired) electrons. The molecule has 96 valence electrons. The summed E-state index contributed by atoms with van der Waals surface area (Å²) >= 11 is 0. The zero-order valence-corrected chi connectivity index (χ0v) is 10.3. The Morgan fingerprint density at radius 2 is 2.44 bits per heavy atom. The van der Waals surface area contributed by atoms with Crippen LogP contribution in [0.5, 0.6) is 5.75 Å². The van der Waals surface area contributed by atoms with Gasteiger partial charge in [0.05, 0.1) is 13.3 Å². The van der Waals surface area contributed by atoms with Crippen LogP contribution in [0.2, 0.25) is 0 Å². The topological polar surface area (TPSA) is 76.4 Å². The smallest absolute Gasteiger partial charge is 0.404 e. The van der Waals surface area contributed by atoms with E-state index in [9.17, 15) is 4.79 Å². The molecule has 0 fully saturated rings. The molecule has 2 aromatic heterocycles. The highest BCUT2D eigenvalue weighted by Crippen LogP contribution is 2.19. The van der Waals surface area contributed by atoms with Crippen molar-refractivity contribution in [2.45, 2.75) is 19.5 Å². The largest absolute Gasteiger partial charge is 0.495 e. The fourth-order valence-corrected chi connectivity index (χ4v) is 1.87. The van der Waals surface area contributed by atoms with Crippen molar-refractivity contribution < 1.29 is 14.6 Å². The van der Waals surface area contributed by atoms with E-state index >= 15 is 0 Å². The molecular weight excluding hydrogens is 234 g/mol. The number of aromatic nitrogens is 2. The van der Waals surface area contributed by atoms with Gasteiger partial charge in [-0.3, -0.25) is 0 Å². The van der Waals surface area contributed by atoms with Gasteiger partial charge < -0.3 is 19.7 Å². The first-order valence-electron chi connectivity index (χ1n) is 5.58. The lowest BCUT2D eigenvalue weighted by Crippen LogP contribution is -2.34. The van der Waals surface area contributed by atoms with Gasteiger partial charge in [0.15, 0.2) is 0 Å². The predicted molar refractivity (Wildman–Crippen MR) is 66.9 cm³/mol. The summed E-state index contributed by atoms with van der Waals surface area (Å²) in [4.78, 5) is 14.8. The SMILES string of the molecule is COc1cnc2c(ccn2C[C@@H](C)NC(=O)O)c1. The maximum absolute atomic E-state index is 10.5. The molecule has 0 aliphatic heterocycles. The van der Waals surface area contributed by atoms with Gasteiger partial charge in [-0.05, 0) is 19.1 Å². The summed E-state index contributed by atoms with van der Waals surface area (Å²) in [6, 6.07) is 3.65. The van der Waals surface area contributed by atoms with E-state index in [1.54, 1.807) is 13.3 Å². The van der Waals surface area contributed by atoms with Crippen LogP contribution >= 0.6 is 0 Å². The molecule has 2 N–H and O–H groups in total. The average molecular weight is 249 g/mol. The molecule has 2 aromatic rings. The van der Waals surface area contributed by atoms with Crippen LogP contribution < -0.4 is 10.1 Å². The van der Waals surface area contributed by atoms with E-state index in [0.717, 1.165) is 11.0 Å². The number of hydrogen-bond donors (Lipinski definition) is 2. The number of carboxylic acid groups (broad SMARTS) is 1. The molecule has 18 heavy (non-hydrogen) atoms. The van der Waals surface area contributed by atoms with Crippen LogP contribution in [0.4, 0.5) is 4.79 Å². The molecule has 0 saturated heterocycles. The average Bonchev–Trinajstić information content (AvgIpc) is 2.70. The van der Waals surface area contributed by atoms with Crippen molar-refractivity contribution in [3.63, 3.8) is 0 Å². The third kappa shape index (κ3) is 2.53. The molecule has 0 bridgehead atoms. The van der Waals surface area contributed by atoms with Crippen molar-refractivity contribution in [2.75, 3.05) is 7.11 Å². The molecule has 6 nitrogen and oxygen atoms in total. The van der Waals surface area contributed by atoms with E-state index in [0.29, 0.717) is 12.3 Å². The number of nitrogens with zero attached hydrogens (tertiary/aromatic N) is 2. The van der Waals surface area contributed by atoms with Gasteiger partial charge in [0.2, 0.25) is 0 Å². The van der Waals surface area contributed by atoms with Gasteiger partial charge in [0, 0.05) is 24.2 Å². The lowest BCUT2D eigenvalue weighted by atomic mass is 10.3. The number of rotatable bonds is 4. The summed E-state index contributed by atoms with van der Waals surface area (Å²) in [6.07, 6.45) is 2.51. The Balaban J connectivity index is 2.21. The normalized spacial score (nSPS) is 12.3. The monoisotopic (exact) mass is 249 g/mol. The Morgan fingerprint density at radius 3 is 3.11 bits per heavy atom. The van der Waals surface area contributed by atoms with Crippen LogP contribution in [-0.4, -0.2) is 33.9 Å². The van der Waals surface area contributed by atoms with Crippen molar-refractivity contribution in [1.82, 2.24) is 14.9 Å². The fraction of sp³-hybridized carbons (Fsp3) is 0.333. The van der Waals surface area contributed by atoms with E-state index in [4.69, 9.17) is 9.84 Å². The summed E-state index contributed by atoms with van der Waals surface area (Å²) in [6.45, 7) is 2.35. The third-order valence-electron chi connectivity index (χ3n) is 2.65. The number of hydrogen-bond acceptors (Lipinski definition) is 3. The van der Waals surface area contributed by atoms with Crippen molar-refractivity contribution in [2.24, 2.45) is 0 Å². The molecule has 0 aromatic carbocycles. The van der Waals surface area contributed by atoms with Gasteiger partial charge in [0.25, 0.3) is 0 Å². The van der Waals surface area contributed by atoms with Gasteiger partial charge >= 0.3 is 6.09 Å². The van der Waals surface area contributed by atoms with Crippen LogP contribution in [0.1, 0.15) is 6.92 Å². The van der Waals surface area contributed by atoms with Gasteiger partial charge in [-0.25, -0.2) is 9.78 Å². The van der Waals surface area contributed by atoms with E-state index in [1.165, 1.54) is 0 Å². The molecule has 1 amide bonds. The van der Waals surface area contributed by atoms with E-state index in [1.807, 2.05) is 29.8 Å². The molecule has 1 atom stereocenters. The zero-order chi connectivity index (χ0) is 13.1. The second-order valence-corrected chi connectivity index (χ2v) is 4.11. The molecule has 0 aliphatic carbocycles. The second-order valence-electron chi connectivity index (χ2n) is 4.11. The van der Waals surface area contributed by atoms with Crippen LogP contribution in [0.25, 0.3) is 11.0 Å². The minimum absolute atomic E-state index is 0.179. The van der Waals surface area contributed by atoms with Gasteiger partial charge in [-0.2, -0.15) is 0 Å². The Kier molecular flexibility index (Phi) is 3.36. The first-order chi connectivity index (χ1) is 8.60. The number of amides is 1. The summed E-state index contributed by atoms with van der Waals surface area (Å²) < 4.78 is 7.02. The van der Waals surface area contributed by atoms with E-state index < -0.39 is 6.09 Å². The molecule has 2 rings (SSSR count). The minimum atomic E-state index is -1.02. The van der Waals surface area contributed by atoms with Crippen LogP contribution in [0.3, 0.4) is 0 Å². The summed E-state index contributed by atoms with van der Waals surface area (Å²) in [5, 5.41) is 12.0. The first-order valence-corrected chi connectivity index (χ1v) is 5.58. The van der Waals surface area contributed by atoms with Crippen LogP contribution in [0.15, 0.2) is 24.5 Å². The number of carbonyl (C=O) groups is 1. The molecule has 0 spiro atoms. The summed E-state index contributed by atoms with van der Waals surface area (Å²) in [5.74, 6) is 0.706. The van der Waals surface area contributed by atoms with E-state index in [2.05, 4.69) is 10.3 Å². The summed E-state index contributed by atoms with van der Waals surface area (Å²) in [7, 11) is 1.60. The standard InChI is InChI=1S/C12H15N3O3/c1-8(14-12(16)17)7-15-4-3-9-5-10(18-2)6-13-11(9)15/h3-6,8,14H,7H2,1-2H3,(H,16,17)/t8-/m1/s1. The highest BCUT2D eigenvalue weighted by atomic mass is 16.5. The van der Waals surface area contributed by atoms with E-state index in [-0.39, 0.29) is 6.04 Å². The number of ether oxygens (including phenoxy) is 1. The first kappa shape index (κ1) is 12.2. The number of fused-ring (bicyclic) bond motifs is 1. The Morgan fingerprint density at radius 1 is 1.67 bits per heavy atom. The lowest BCUT2D eigenvalue weighted by molar-refractivity contribution is 0.189. The highest BCUT2D eigenvalue weighted by Gasteiger charge is 2.09. The molecule has 0 aliphatic rings. The minimum Gasteiger partial charge on any atom is -0.495 e. The van der Waals surface area contributed by atoms with Crippen molar-refractivity contribution in [3.05, 3.63) is 24.5 Å². The second kappa shape index (κ2) is 4.95. The third-order valence-corrected chi connectivity index (χ3v) is 2.65. The number of pyridine rings is 1. The summed E-state index contributed by atoms with van der Waals surface area (Å²) in [5.41, 5.74) is 0.815. The van der Waals surface area contributed by atoms with Crippen LogP contribution in [0, 0.1) is 0 Å². The Hall–Kier alpha value is -2.24. The Labute approximate surface area is 104 Å². The molecule has 6 heteroatoms. The van der Waals surface area contributed by atoms with Crippen LogP contribution in [-0.2, 0) is 6.54 Å². The zero-order valence-electron chi connectivity index (χ0n) is 10.3. The Bertz CT molecular complexity index is 565. The molecule has 0 unspecified atom stereocenters. The fourth-order valence-electron chi connectivity index (χ4n) is 1.87. The maximum Gasteiger partial charge on any atom is 0.404 e. The molecular formula is C12H15N3O3. The van der Waals surface area contributed by atoms with Crippen molar-refractivity contribution in [1.29, 1.82) is 0 Å². The quantitative estimate of drug-likeness (QED) is 0.864. The van der Waals surface area contributed by atoms with Gasteiger partial charge in [0.1, 0.15) is 11.4 Å². The van der Waals surface area contributed by atoms with Crippen molar-refractivity contribution in [3.8, 4) is 5.75 Å². The maximum atomic E-state index is 10.5. The number of nitrogens with one attached hydrogen (secondary N) is 1. The highest BCUT2D eigenvalue weighted by molar-refractivity contribution is 5.77. The molecule has 0 saturated carbocycles. The number of methoxy groups -OCH3 is 1. The lowest BCUT2D eigenvalue weighted by Gasteiger charge is -2.12. The van der Waals surface area contributed by atoms with Gasteiger partial charge in [-0.15, -0.1) is 0 Å². The van der Waals surface area contributed by atoms with Crippen molar-refractivity contribution >= 4 is 17.1 Å².